The molecule has 0 saturated heterocycles. The molecule has 0 amide bonds. The third kappa shape index (κ3) is 7.28. The Morgan fingerprint density at radius 3 is 1.18 bits per heavy atom. The summed E-state index contributed by atoms with van der Waals surface area (Å²) in [7, 11) is -1.76. The number of hydrogen-bond acceptors (Lipinski definition) is 2. The SMILES string of the molecule is c1ccc(CN(CCSCC[P+](c2ccccc2)(c2ccccc2)c2ccccc2)Cc2ccccc2)cc1. The van der Waals surface area contributed by atoms with Crippen LogP contribution in [0.2, 0.25) is 0 Å². The van der Waals surface area contributed by atoms with Crippen molar-refractivity contribution >= 4 is 34.9 Å². The molecule has 0 N–H and O–H groups in total. The van der Waals surface area contributed by atoms with Crippen LogP contribution in [0.1, 0.15) is 11.1 Å². The molecule has 0 aromatic heterocycles. The highest BCUT2D eigenvalue weighted by Gasteiger charge is 2.44. The second-order valence-corrected chi connectivity index (χ2v) is 14.7. The molecule has 0 fully saturated rings. The van der Waals surface area contributed by atoms with Crippen LogP contribution in [-0.2, 0) is 13.1 Å². The number of benzene rings is 5. The number of rotatable bonds is 13. The molecule has 0 aliphatic carbocycles. The van der Waals surface area contributed by atoms with Gasteiger partial charge in [0.2, 0.25) is 0 Å². The Morgan fingerprint density at radius 2 is 0.795 bits per heavy atom. The van der Waals surface area contributed by atoms with Gasteiger partial charge in [-0.2, -0.15) is 11.8 Å². The predicted molar refractivity (Wildman–Crippen MR) is 174 cm³/mol. The van der Waals surface area contributed by atoms with Crippen molar-refractivity contribution in [3.05, 3.63) is 163 Å². The highest BCUT2D eigenvalue weighted by molar-refractivity contribution is 8.01. The summed E-state index contributed by atoms with van der Waals surface area (Å²) >= 11 is 2.10. The van der Waals surface area contributed by atoms with Crippen molar-refractivity contribution in [1.29, 1.82) is 0 Å². The van der Waals surface area contributed by atoms with Gasteiger partial charge in [0, 0.05) is 31.1 Å². The lowest BCUT2D eigenvalue weighted by Gasteiger charge is -2.28. The summed E-state index contributed by atoms with van der Waals surface area (Å²) in [6.07, 6.45) is 1.16. The summed E-state index contributed by atoms with van der Waals surface area (Å²) in [6.45, 7) is 3.03. The lowest BCUT2D eigenvalue weighted by atomic mass is 10.1. The normalized spacial score (nSPS) is 11.5. The number of thioether (sulfide) groups is 1. The van der Waals surface area contributed by atoms with Gasteiger partial charge in [0.25, 0.3) is 0 Å². The van der Waals surface area contributed by atoms with Gasteiger partial charge in [0.1, 0.15) is 23.2 Å². The molecule has 0 radical (unpaired) electrons. The zero-order chi connectivity index (χ0) is 26.6. The summed E-state index contributed by atoms with van der Waals surface area (Å²) in [5.74, 6) is 2.26. The third-order valence-corrected chi connectivity index (χ3v) is 12.9. The molecular weight excluding hydrogens is 509 g/mol. The van der Waals surface area contributed by atoms with Crippen molar-refractivity contribution in [3.8, 4) is 0 Å². The van der Waals surface area contributed by atoms with Crippen molar-refractivity contribution < 1.29 is 0 Å². The van der Waals surface area contributed by atoms with E-state index in [1.54, 1.807) is 0 Å². The smallest absolute Gasteiger partial charge is 0.112 e. The van der Waals surface area contributed by atoms with E-state index < -0.39 is 7.26 Å². The summed E-state index contributed by atoms with van der Waals surface area (Å²) < 4.78 is 0. The molecule has 0 aliphatic heterocycles. The van der Waals surface area contributed by atoms with Crippen molar-refractivity contribution in [3.63, 3.8) is 0 Å². The fourth-order valence-electron chi connectivity index (χ4n) is 5.28. The van der Waals surface area contributed by atoms with Gasteiger partial charge in [0.15, 0.2) is 0 Å². The van der Waals surface area contributed by atoms with Gasteiger partial charge in [-0.3, -0.25) is 4.90 Å². The molecule has 0 atom stereocenters. The fraction of sp³-hybridized carbons (Fsp3) is 0.167. The molecule has 0 unspecified atom stereocenters. The Hall–Kier alpha value is -3.16. The maximum Gasteiger partial charge on any atom is 0.112 e. The quantitative estimate of drug-likeness (QED) is 0.112. The van der Waals surface area contributed by atoms with E-state index >= 15 is 0 Å². The van der Waals surface area contributed by atoms with E-state index in [4.69, 9.17) is 0 Å². The van der Waals surface area contributed by atoms with E-state index in [-0.39, 0.29) is 0 Å². The molecule has 5 rings (SSSR count). The minimum Gasteiger partial charge on any atom is -0.294 e. The Morgan fingerprint density at radius 1 is 0.436 bits per heavy atom. The summed E-state index contributed by atoms with van der Waals surface area (Å²) in [6, 6.07) is 55.4. The fourth-order valence-corrected chi connectivity index (χ4v) is 11.2. The van der Waals surface area contributed by atoms with Crippen molar-refractivity contribution in [2.24, 2.45) is 0 Å². The summed E-state index contributed by atoms with van der Waals surface area (Å²) in [4.78, 5) is 2.59. The maximum atomic E-state index is 2.59. The van der Waals surface area contributed by atoms with E-state index in [0.29, 0.717) is 0 Å². The Labute approximate surface area is 239 Å². The van der Waals surface area contributed by atoms with Crippen LogP contribution in [0.15, 0.2) is 152 Å². The van der Waals surface area contributed by atoms with Crippen LogP contribution in [0.3, 0.4) is 0 Å². The zero-order valence-corrected chi connectivity index (χ0v) is 24.2. The summed E-state index contributed by atoms with van der Waals surface area (Å²) in [5.41, 5.74) is 2.75. The summed E-state index contributed by atoms with van der Waals surface area (Å²) in [5, 5.41) is 4.41. The van der Waals surface area contributed by atoms with E-state index in [9.17, 15) is 0 Å². The van der Waals surface area contributed by atoms with E-state index in [0.717, 1.165) is 37.3 Å². The van der Waals surface area contributed by atoms with Gasteiger partial charge < -0.3 is 0 Å². The van der Waals surface area contributed by atoms with Crippen LogP contribution >= 0.6 is 19.0 Å². The van der Waals surface area contributed by atoms with Gasteiger partial charge in [-0.05, 0) is 47.5 Å². The maximum absolute atomic E-state index is 2.59. The van der Waals surface area contributed by atoms with E-state index in [2.05, 4.69) is 168 Å². The Balaban J connectivity index is 1.31. The first-order chi connectivity index (χ1) is 19.3. The molecule has 0 bridgehead atoms. The largest absolute Gasteiger partial charge is 0.294 e. The topological polar surface area (TPSA) is 3.24 Å². The molecule has 0 saturated carbocycles. The molecule has 0 heterocycles. The molecule has 5 aromatic carbocycles. The van der Waals surface area contributed by atoms with Crippen LogP contribution in [0.4, 0.5) is 0 Å². The molecule has 39 heavy (non-hydrogen) atoms. The molecule has 5 aromatic rings. The second kappa shape index (κ2) is 14.3. The van der Waals surface area contributed by atoms with Gasteiger partial charge in [-0.25, -0.2) is 0 Å². The first-order valence-corrected chi connectivity index (χ1v) is 16.9. The lowest BCUT2D eigenvalue weighted by molar-refractivity contribution is 0.274. The van der Waals surface area contributed by atoms with Gasteiger partial charge in [0.05, 0.1) is 6.16 Å². The standard InChI is InChI=1S/C36H37NPS/c1-6-16-32(17-7-1)30-37(31-33-18-8-2-9-19-33)26-28-39-29-27-38(34-20-10-3-11-21-34,35-22-12-4-13-23-35)36-24-14-5-15-25-36/h1-25H,26-31H2/q+1. The minimum absolute atomic E-state index is 0.977. The minimum atomic E-state index is -1.76. The third-order valence-electron chi connectivity index (χ3n) is 7.21. The zero-order valence-electron chi connectivity index (χ0n) is 22.5. The van der Waals surface area contributed by atoms with Crippen LogP contribution in [0.5, 0.6) is 0 Å². The molecule has 0 aliphatic rings. The van der Waals surface area contributed by atoms with Crippen LogP contribution in [-0.4, -0.2) is 29.1 Å². The highest BCUT2D eigenvalue weighted by atomic mass is 32.2. The van der Waals surface area contributed by atoms with Gasteiger partial charge in [-0.15, -0.1) is 0 Å². The predicted octanol–water partition coefficient (Wildman–Crippen LogP) is 7.42. The lowest BCUT2D eigenvalue weighted by Crippen LogP contribution is -2.34. The molecule has 3 heteroatoms. The first kappa shape index (κ1) is 27.4. The highest BCUT2D eigenvalue weighted by Crippen LogP contribution is 2.55. The van der Waals surface area contributed by atoms with Crippen molar-refractivity contribution in [1.82, 2.24) is 4.90 Å². The second-order valence-electron chi connectivity index (χ2n) is 9.83. The molecule has 1 nitrogen and oxygen atoms in total. The molecule has 0 spiro atoms. The van der Waals surface area contributed by atoms with Crippen molar-refractivity contribution in [2.75, 3.05) is 24.2 Å². The first-order valence-electron chi connectivity index (χ1n) is 13.8. The Kier molecular flexibility index (Phi) is 10.0. The van der Waals surface area contributed by atoms with E-state index in [1.807, 2.05) is 0 Å². The average molecular weight is 547 g/mol. The van der Waals surface area contributed by atoms with Crippen LogP contribution in [0, 0.1) is 0 Å². The number of nitrogens with zero attached hydrogens (tertiary/aromatic N) is 1. The van der Waals surface area contributed by atoms with E-state index in [1.165, 1.54) is 27.0 Å². The molecule has 196 valence electrons. The van der Waals surface area contributed by atoms with Crippen LogP contribution < -0.4 is 15.9 Å². The molecular formula is C36H37NPS+. The Bertz CT molecular complexity index is 1220. The van der Waals surface area contributed by atoms with Gasteiger partial charge >= 0.3 is 0 Å². The average Bonchev–Trinajstić information content (AvgIpc) is 3.01. The van der Waals surface area contributed by atoms with Crippen LogP contribution in [0.25, 0.3) is 0 Å². The van der Waals surface area contributed by atoms with Gasteiger partial charge in [-0.1, -0.05) is 115 Å². The number of hydrogen-bond donors (Lipinski definition) is 0. The monoisotopic (exact) mass is 546 g/mol. The van der Waals surface area contributed by atoms with Crippen molar-refractivity contribution in [2.45, 2.75) is 13.1 Å².